The van der Waals surface area contributed by atoms with E-state index in [9.17, 15) is 9.90 Å². The van der Waals surface area contributed by atoms with Crippen molar-refractivity contribution < 1.29 is 33.6 Å². The number of carboxylic acids is 1. The first-order valence-electron chi connectivity index (χ1n) is 13.6. The monoisotopic (exact) mass is 543 g/mol. The van der Waals surface area contributed by atoms with Crippen LogP contribution in [0.3, 0.4) is 0 Å². The Morgan fingerprint density at radius 3 is 2.15 bits per heavy atom. The molecule has 1 N–H and O–H groups in total. The third-order valence-electron chi connectivity index (χ3n) is 8.12. The first kappa shape index (κ1) is 30.4. The molecule has 0 heterocycles. The molecule has 0 saturated carbocycles. The lowest BCUT2D eigenvalue weighted by molar-refractivity contribution is -0.145. The van der Waals surface area contributed by atoms with Gasteiger partial charge in [0.15, 0.2) is 23.0 Å². The summed E-state index contributed by atoms with van der Waals surface area (Å²) in [5.41, 5.74) is 3.36. The summed E-state index contributed by atoms with van der Waals surface area (Å²) in [4.78, 5) is 14.8. The average Bonchev–Trinajstić information content (AvgIpc) is 2.93. The van der Waals surface area contributed by atoms with Crippen LogP contribution in [-0.2, 0) is 17.6 Å². The fraction of sp³-hybridized carbons (Fsp3) is 0.581. The maximum Gasteiger partial charge on any atom is 0.306 e. The van der Waals surface area contributed by atoms with Gasteiger partial charge in [-0.3, -0.25) is 4.79 Å². The zero-order chi connectivity index (χ0) is 28.7. The molecular formula is C31H45NO7. The van der Waals surface area contributed by atoms with E-state index in [-0.39, 0.29) is 17.8 Å². The largest absolute Gasteiger partial charge is 0.493 e. The van der Waals surface area contributed by atoms with Crippen molar-refractivity contribution in [3.8, 4) is 28.7 Å². The Hall–Kier alpha value is -3.13. The number of ether oxygens (including phenoxy) is 5. The highest BCUT2D eigenvalue weighted by Crippen LogP contribution is 2.52. The van der Waals surface area contributed by atoms with Crippen molar-refractivity contribution >= 4 is 5.97 Å². The maximum atomic E-state index is 12.6. The van der Waals surface area contributed by atoms with Crippen LogP contribution in [0.1, 0.15) is 49.3 Å². The Morgan fingerprint density at radius 2 is 1.59 bits per heavy atom. The van der Waals surface area contributed by atoms with E-state index in [1.807, 2.05) is 24.3 Å². The molecule has 1 aliphatic carbocycles. The number of benzene rings is 2. The molecular weight excluding hydrogens is 498 g/mol. The summed E-state index contributed by atoms with van der Waals surface area (Å²) in [5.74, 6) is 2.47. The highest BCUT2D eigenvalue weighted by molar-refractivity contribution is 5.71. The van der Waals surface area contributed by atoms with E-state index in [4.69, 9.17) is 23.7 Å². The van der Waals surface area contributed by atoms with Crippen molar-refractivity contribution in [1.82, 2.24) is 4.90 Å². The van der Waals surface area contributed by atoms with Gasteiger partial charge >= 0.3 is 5.97 Å². The van der Waals surface area contributed by atoms with E-state index in [2.05, 4.69) is 25.8 Å². The highest BCUT2D eigenvalue weighted by Gasteiger charge is 2.41. The molecule has 0 aliphatic heterocycles. The van der Waals surface area contributed by atoms with Gasteiger partial charge in [-0.05, 0) is 86.4 Å². The van der Waals surface area contributed by atoms with E-state index in [1.54, 1.807) is 35.5 Å². The number of carboxylic acid groups (broad SMARTS) is 1. The van der Waals surface area contributed by atoms with Gasteiger partial charge in [0, 0.05) is 12.1 Å². The minimum atomic E-state index is -0.727. The Kier molecular flexibility index (Phi) is 10.7. The molecule has 3 rings (SSSR count). The zero-order valence-electron chi connectivity index (χ0n) is 24.7. The predicted molar refractivity (Wildman–Crippen MR) is 152 cm³/mol. The molecule has 39 heavy (non-hydrogen) atoms. The van der Waals surface area contributed by atoms with Crippen molar-refractivity contribution in [2.45, 2.75) is 45.4 Å². The normalized spacial score (nSPS) is 17.5. The van der Waals surface area contributed by atoms with E-state index in [1.165, 1.54) is 0 Å². The fourth-order valence-corrected chi connectivity index (χ4v) is 6.16. The van der Waals surface area contributed by atoms with E-state index < -0.39 is 11.9 Å². The van der Waals surface area contributed by atoms with Gasteiger partial charge in [0.05, 0.1) is 41.5 Å². The molecule has 8 heteroatoms. The topological polar surface area (TPSA) is 86.7 Å². The summed E-state index contributed by atoms with van der Waals surface area (Å²) < 4.78 is 27.8. The molecule has 3 atom stereocenters. The van der Waals surface area contributed by atoms with Crippen molar-refractivity contribution in [1.29, 1.82) is 0 Å². The summed E-state index contributed by atoms with van der Waals surface area (Å²) in [6.45, 7) is 5.86. The third-order valence-corrected chi connectivity index (χ3v) is 8.12. The van der Waals surface area contributed by atoms with Gasteiger partial charge in [0.1, 0.15) is 0 Å². The van der Waals surface area contributed by atoms with Gasteiger partial charge < -0.3 is 33.7 Å². The van der Waals surface area contributed by atoms with Gasteiger partial charge in [-0.25, -0.2) is 0 Å². The second kappa shape index (κ2) is 13.8. The maximum absolute atomic E-state index is 12.6. The second-order valence-corrected chi connectivity index (χ2v) is 10.7. The van der Waals surface area contributed by atoms with Crippen LogP contribution in [-0.4, -0.2) is 71.7 Å². The van der Waals surface area contributed by atoms with Crippen molar-refractivity contribution in [3.05, 3.63) is 41.0 Å². The average molecular weight is 544 g/mol. The Morgan fingerprint density at radius 1 is 0.923 bits per heavy atom. The van der Waals surface area contributed by atoms with E-state index in [0.717, 1.165) is 42.5 Å². The molecule has 1 unspecified atom stereocenters. The van der Waals surface area contributed by atoms with Crippen molar-refractivity contribution in [2.75, 3.05) is 55.7 Å². The molecule has 1 aliphatic rings. The van der Waals surface area contributed by atoms with Gasteiger partial charge in [0.2, 0.25) is 5.75 Å². The molecule has 0 aromatic heterocycles. The molecule has 0 amide bonds. The minimum Gasteiger partial charge on any atom is -0.493 e. The van der Waals surface area contributed by atoms with Crippen LogP contribution >= 0.6 is 0 Å². The van der Waals surface area contributed by atoms with Crippen LogP contribution in [0.2, 0.25) is 0 Å². The molecule has 0 fully saturated rings. The molecule has 0 radical (unpaired) electrons. The summed E-state index contributed by atoms with van der Waals surface area (Å²) in [6, 6.07) is 7.99. The molecule has 8 nitrogen and oxygen atoms in total. The number of hydrogen-bond acceptors (Lipinski definition) is 7. The van der Waals surface area contributed by atoms with E-state index >= 15 is 0 Å². The SMILES string of the molecule is COc1ccc(CCN(C)CCC(C(=O)O)[C@@H]2CCc3c(cc(OC)c(OC)c3OC)[C@@H]2C(C)C)cc1OC. The van der Waals surface area contributed by atoms with Gasteiger partial charge in [-0.2, -0.15) is 0 Å². The Balaban J connectivity index is 1.77. The third kappa shape index (κ3) is 6.72. The lowest BCUT2D eigenvalue weighted by Gasteiger charge is -2.40. The molecule has 2 aromatic rings. The number of hydrogen-bond donors (Lipinski definition) is 1. The standard InChI is InChI=1S/C31H45NO7/c1-19(2)28-21(10-11-22-24(28)18-27(37-6)30(39-8)29(22)38-7)23(31(33)34)14-16-32(3)15-13-20-9-12-25(35-4)26(17-20)36-5/h9,12,17-19,21,23,28H,10-11,13-16H2,1-8H3,(H,33,34)/t21-,23?,28+/m0/s1. The number of nitrogens with zero attached hydrogens (tertiary/aromatic N) is 1. The quantitative estimate of drug-likeness (QED) is 0.344. The lowest BCUT2D eigenvalue weighted by Crippen LogP contribution is -2.37. The molecule has 2 aromatic carbocycles. The summed E-state index contributed by atoms with van der Waals surface area (Å²) in [7, 11) is 10.2. The Labute approximate surface area is 233 Å². The first-order chi connectivity index (χ1) is 18.7. The first-order valence-corrected chi connectivity index (χ1v) is 13.6. The van der Waals surface area contributed by atoms with Crippen LogP contribution in [0, 0.1) is 17.8 Å². The van der Waals surface area contributed by atoms with Crippen LogP contribution in [0.15, 0.2) is 24.3 Å². The van der Waals surface area contributed by atoms with Crippen LogP contribution in [0.5, 0.6) is 28.7 Å². The van der Waals surface area contributed by atoms with Crippen LogP contribution < -0.4 is 23.7 Å². The van der Waals surface area contributed by atoms with Gasteiger partial charge in [-0.15, -0.1) is 0 Å². The lowest BCUT2D eigenvalue weighted by atomic mass is 9.64. The number of methoxy groups -OCH3 is 5. The summed E-state index contributed by atoms with van der Waals surface area (Å²) in [5, 5.41) is 10.4. The summed E-state index contributed by atoms with van der Waals surface area (Å²) in [6.07, 6.45) is 2.95. The van der Waals surface area contributed by atoms with Gasteiger partial charge in [0.25, 0.3) is 0 Å². The van der Waals surface area contributed by atoms with Crippen molar-refractivity contribution in [3.63, 3.8) is 0 Å². The Bertz CT molecular complexity index is 1120. The van der Waals surface area contributed by atoms with Crippen LogP contribution in [0.4, 0.5) is 0 Å². The molecule has 0 spiro atoms. The zero-order valence-corrected chi connectivity index (χ0v) is 24.7. The molecule has 0 saturated heterocycles. The molecule has 216 valence electrons. The smallest absolute Gasteiger partial charge is 0.306 e. The molecule has 0 bridgehead atoms. The number of rotatable bonds is 14. The van der Waals surface area contributed by atoms with Crippen LogP contribution in [0.25, 0.3) is 0 Å². The van der Waals surface area contributed by atoms with Gasteiger partial charge in [-0.1, -0.05) is 19.9 Å². The van der Waals surface area contributed by atoms with E-state index in [0.29, 0.717) is 41.7 Å². The highest BCUT2D eigenvalue weighted by atomic mass is 16.5. The number of likely N-dealkylation sites (N-methyl/N-ethyl adjacent to an activating group) is 1. The van der Waals surface area contributed by atoms with Crippen molar-refractivity contribution in [2.24, 2.45) is 17.8 Å². The number of carbonyl (C=O) groups is 1. The number of aliphatic carboxylic acids is 1. The predicted octanol–water partition coefficient (Wildman–Crippen LogP) is 5.30. The second-order valence-electron chi connectivity index (χ2n) is 10.7. The minimum absolute atomic E-state index is 0.0112. The summed E-state index contributed by atoms with van der Waals surface area (Å²) >= 11 is 0. The number of fused-ring (bicyclic) bond motifs is 1. The fourth-order valence-electron chi connectivity index (χ4n) is 6.16.